The molecule has 2 aromatic rings. The average molecular weight is 244 g/mol. The zero-order valence-electron chi connectivity index (χ0n) is 10.3. The molecule has 1 unspecified atom stereocenters. The van der Waals surface area contributed by atoms with Gasteiger partial charge in [-0.25, -0.2) is 4.98 Å². The van der Waals surface area contributed by atoms with Gasteiger partial charge in [-0.2, -0.15) is 5.10 Å². The predicted molar refractivity (Wildman–Crippen MR) is 67.0 cm³/mol. The molecular formula is C13H16N4O. The monoisotopic (exact) mass is 244 g/mol. The molecule has 1 aromatic heterocycles. The summed E-state index contributed by atoms with van der Waals surface area (Å²) >= 11 is 0. The number of rotatable bonds is 3. The highest BCUT2D eigenvalue weighted by atomic mass is 16.5. The van der Waals surface area contributed by atoms with Gasteiger partial charge in [0.1, 0.15) is 18.7 Å². The molecular weight excluding hydrogens is 228 g/mol. The summed E-state index contributed by atoms with van der Waals surface area (Å²) in [7, 11) is 1.85. The molecule has 18 heavy (non-hydrogen) atoms. The fourth-order valence-electron chi connectivity index (χ4n) is 2.32. The number of hydrogen-bond donors (Lipinski definition) is 1. The van der Waals surface area contributed by atoms with Gasteiger partial charge >= 0.3 is 0 Å². The number of benzene rings is 1. The maximum absolute atomic E-state index is 6.00. The van der Waals surface area contributed by atoms with Crippen LogP contribution in [0.3, 0.4) is 0 Å². The lowest BCUT2D eigenvalue weighted by Gasteiger charge is -2.09. The maximum Gasteiger partial charge on any atom is 0.164 e. The Morgan fingerprint density at radius 3 is 3.17 bits per heavy atom. The summed E-state index contributed by atoms with van der Waals surface area (Å²) in [6.07, 6.45) is 3.60. The zero-order valence-corrected chi connectivity index (χ0v) is 10.3. The Morgan fingerprint density at radius 2 is 2.39 bits per heavy atom. The van der Waals surface area contributed by atoms with Gasteiger partial charge in [0.25, 0.3) is 0 Å². The second-order valence-corrected chi connectivity index (χ2v) is 4.59. The molecule has 5 nitrogen and oxygen atoms in total. The Morgan fingerprint density at radius 1 is 1.50 bits per heavy atom. The fraction of sp³-hybridized carbons (Fsp3) is 0.385. The van der Waals surface area contributed by atoms with Gasteiger partial charge in [0.05, 0.1) is 0 Å². The molecule has 0 fully saturated rings. The van der Waals surface area contributed by atoms with E-state index in [2.05, 4.69) is 22.2 Å². The lowest BCUT2D eigenvalue weighted by atomic mass is 10.1. The van der Waals surface area contributed by atoms with Gasteiger partial charge < -0.3 is 10.5 Å². The molecule has 1 heterocycles. The van der Waals surface area contributed by atoms with Gasteiger partial charge in [0, 0.05) is 13.1 Å². The van der Waals surface area contributed by atoms with Crippen LogP contribution in [0.25, 0.3) is 0 Å². The molecule has 0 radical (unpaired) electrons. The van der Waals surface area contributed by atoms with Crippen LogP contribution in [-0.2, 0) is 20.1 Å². The van der Waals surface area contributed by atoms with Crippen molar-refractivity contribution in [1.29, 1.82) is 0 Å². The quantitative estimate of drug-likeness (QED) is 0.884. The molecule has 1 aliphatic carbocycles. The van der Waals surface area contributed by atoms with Crippen molar-refractivity contribution in [3.63, 3.8) is 0 Å². The molecule has 3 rings (SSSR count). The largest absolute Gasteiger partial charge is 0.486 e. The molecule has 0 saturated heterocycles. The van der Waals surface area contributed by atoms with Crippen molar-refractivity contribution in [3.05, 3.63) is 41.5 Å². The zero-order chi connectivity index (χ0) is 12.5. The minimum atomic E-state index is 0.188. The molecule has 0 spiro atoms. The van der Waals surface area contributed by atoms with Crippen molar-refractivity contribution < 1.29 is 4.74 Å². The van der Waals surface area contributed by atoms with E-state index in [1.807, 2.05) is 13.1 Å². The van der Waals surface area contributed by atoms with E-state index in [9.17, 15) is 0 Å². The van der Waals surface area contributed by atoms with Crippen molar-refractivity contribution >= 4 is 0 Å². The Balaban J connectivity index is 1.73. The highest BCUT2D eigenvalue weighted by Crippen LogP contribution is 2.31. The predicted octanol–water partition coefficient (Wildman–Crippen LogP) is 1.34. The average Bonchev–Trinajstić information content (AvgIpc) is 2.94. The molecule has 0 bridgehead atoms. The standard InChI is InChI=1S/C13H16N4O/c1-17-13(15-8-16-17)7-18-10-3-4-11-9(6-10)2-5-12(11)14/h3-4,6,8,12H,2,5,7,14H2,1H3. The first-order valence-electron chi connectivity index (χ1n) is 6.08. The smallest absolute Gasteiger partial charge is 0.164 e. The number of nitrogens with zero attached hydrogens (tertiary/aromatic N) is 3. The Kier molecular flexibility index (Phi) is 2.76. The van der Waals surface area contributed by atoms with Gasteiger partial charge in [-0.3, -0.25) is 4.68 Å². The summed E-state index contributed by atoms with van der Waals surface area (Å²) in [5.74, 6) is 1.68. The van der Waals surface area contributed by atoms with E-state index in [0.29, 0.717) is 6.61 Å². The number of aromatic nitrogens is 3. The first kappa shape index (κ1) is 11.2. The van der Waals surface area contributed by atoms with Gasteiger partial charge in [0.15, 0.2) is 5.82 Å². The lowest BCUT2D eigenvalue weighted by Crippen LogP contribution is -2.06. The normalized spacial score (nSPS) is 17.8. The van der Waals surface area contributed by atoms with Crippen molar-refractivity contribution in [2.24, 2.45) is 12.8 Å². The Hall–Kier alpha value is -1.88. The highest BCUT2D eigenvalue weighted by molar-refractivity contribution is 5.40. The summed E-state index contributed by atoms with van der Waals surface area (Å²) in [5.41, 5.74) is 8.56. The molecule has 5 heteroatoms. The van der Waals surface area contributed by atoms with Gasteiger partial charge in [-0.15, -0.1) is 0 Å². The SMILES string of the molecule is Cn1ncnc1COc1ccc2c(c1)CCC2N. The van der Waals surface area contributed by atoms with Crippen molar-refractivity contribution in [1.82, 2.24) is 14.8 Å². The van der Waals surface area contributed by atoms with E-state index >= 15 is 0 Å². The summed E-state index contributed by atoms with van der Waals surface area (Å²) in [5, 5.41) is 4.01. The fourth-order valence-corrected chi connectivity index (χ4v) is 2.32. The molecule has 2 N–H and O–H groups in total. The van der Waals surface area contributed by atoms with Crippen LogP contribution in [0.1, 0.15) is 29.4 Å². The second kappa shape index (κ2) is 4.42. The van der Waals surface area contributed by atoms with Crippen LogP contribution in [0.5, 0.6) is 5.75 Å². The van der Waals surface area contributed by atoms with Gasteiger partial charge in [-0.1, -0.05) is 6.07 Å². The van der Waals surface area contributed by atoms with Crippen LogP contribution < -0.4 is 10.5 Å². The number of fused-ring (bicyclic) bond motifs is 1. The molecule has 1 atom stereocenters. The topological polar surface area (TPSA) is 66.0 Å². The molecule has 0 amide bonds. The second-order valence-electron chi connectivity index (χ2n) is 4.59. The van der Waals surface area contributed by atoms with Crippen molar-refractivity contribution in [3.8, 4) is 5.75 Å². The number of ether oxygens (including phenoxy) is 1. The molecule has 1 aromatic carbocycles. The van der Waals surface area contributed by atoms with E-state index in [4.69, 9.17) is 10.5 Å². The molecule has 0 saturated carbocycles. The van der Waals surface area contributed by atoms with Crippen LogP contribution >= 0.6 is 0 Å². The van der Waals surface area contributed by atoms with Gasteiger partial charge in [-0.05, 0) is 36.1 Å². The minimum absolute atomic E-state index is 0.188. The van der Waals surface area contributed by atoms with E-state index in [-0.39, 0.29) is 6.04 Å². The summed E-state index contributed by atoms with van der Waals surface area (Å²) in [6.45, 7) is 0.432. The molecule has 1 aliphatic rings. The maximum atomic E-state index is 6.00. The number of nitrogens with two attached hydrogens (primary N) is 1. The first-order chi connectivity index (χ1) is 8.74. The van der Waals surface area contributed by atoms with E-state index < -0.39 is 0 Å². The molecule has 0 aliphatic heterocycles. The summed E-state index contributed by atoms with van der Waals surface area (Å²) in [6, 6.07) is 6.31. The third-order valence-electron chi connectivity index (χ3n) is 3.41. The summed E-state index contributed by atoms with van der Waals surface area (Å²) in [4.78, 5) is 4.12. The van der Waals surface area contributed by atoms with Crippen LogP contribution in [0.15, 0.2) is 24.5 Å². The van der Waals surface area contributed by atoms with Crippen LogP contribution in [0.4, 0.5) is 0 Å². The third kappa shape index (κ3) is 1.97. The highest BCUT2D eigenvalue weighted by Gasteiger charge is 2.19. The van der Waals surface area contributed by atoms with E-state index in [0.717, 1.165) is 24.4 Å². The van der Waals surface area contributed by atoms with E-state index in [1.165, 1.54) is 17.5 Å². The van der Waals surface area contributed by atoms with Crippen molar-refractivity contribution in [2.75, 3.05) is 0 Å². The summed E-state index contributed by atoms with van der Waals surface area (Å²) < 4.78 is 7.44. The third-order valence-corrected chi connectivity index (χ3v) is 3.41. The van der Waals surface area contributed by atoms with Gasteiger partial charge in [0.2, 0.25) is 0 Å². The first-order valence-corrected chi connectivity index (χ1v) is 6.08. The lowest BCUT2D eigenvalue weighted by molar-refractivity contribution is 0.289. The Bertz CT molecular complexity index is 564. The minimum Gasteiger partial charge on any atom is -0.486 e. The molecule has 94 valence electrons. The Labute approximate surface area is 106 Å². The van der Waals surface area contributed by atoms with Crippen LogP contribution in [0.2, 0.25) is 0 Å². The number of hydrogen-bond acceptors (Lipinski definition) is 4. The van der Waals surface area contributed by atoms with Crippen molar-refractivity contribution in [2.45, 2.75) is 25.5 Å². The number of aryl methyl sites for hydroxylation is 2. The van der Waals surface area contributed by atoms with Crippen LogP contribution in [-0.4, -0.2) is 14.8 Å². The van der Waals surface area contributed by atoms with E-state index in [1.54, 1.807) is 4.68 Å². The van der Waals surface area contributed by atoms with Crippen LogP contribution in [0, 0.1) is 0 Å².